The van der Waals surface area contributed by atoms with Gasteiger partial charge in [0.15, 0.2) is 0 Å². The summed E-state index contributed by atoms with van der Waals surface area (Å²) in [5.74, 6) is -0.908. The predicted octanol–water partition coefficient (Wildman–Crippen LogP) is 0.186. The summed E-state index contributed by atoms with van der Waals surface area (Å²) in [6, 6.07) is 4.88. The third-order valence-corrected chi connectivity index (χ3v) is 2.23. The molecule has 0 unspecified atom stereocenters. The van der Waals surface area contributed by atoms with Crippen molar-refractivity contribution in [3.63, 3.8) is 0 Å². The molecular formula is C10H8N2O4. The number of hydrogen-bond acceptors (Lipinski definition) is 5. The topological polar surface area (TPSA) is 92.4 Å². The molecule has 1 aromatic heterocycles. The molecule has 0 aromatic carbocycles. The molecule has 1 aliphatic rings. The predicted molar refractivity (Wildman–Crippen MR) is 50.8 cm³/mol. The molecule has 1 saturated heterocycles. The SMILES string of the molecule is N#Cc1ccc(OC2(C(=O)O)COC2)nc1. The summed E-state index contributed by atoms with van der Waals surface area (Å²) < 4.78 is 10.1. The molecule has 1 aromatic rings. The van der Waals surface area contributed by atoms with Gasteiger partial charge < -0.3 is 14.6 Å². The van der Waals surface area contributed by atoms with Gasteiger partial charge in [-0.05, 0) is 6.07 Å². The summed E-state index contributed by atoms with van der Waals surface area (Å²) in [5, 5.41) is 17.5. The fourth-order valence-corrected chi connectivity index (χ4v) is 1.22. The summed E-state index contributed by atoms with van der Waals surface area (Å²) in [4.78, 5) is 14.8. The fourth-order valence-electron chi connectivity index (χ4n) is 1.22. The average molecular weight is 220 g/mol. The second-order valence-electron chi connectivity index (χ2n) is 3.39. The number of carbonyl (C=O) groups is 1. The van der Waals surface area contributed by atoms with E-state index in [0.29, 0.717) is 5.56 Å². The number of hydrogen-bond donors (Lipinski definition) is 1. The standard InChI is InChI=1S/C10H8N2O4/c11-3-7-1-2-8(12-4-7)16-10(9(13)14)5-15-6-10/h1-2,4H,5-6H2,(H,13,14). The smallest absolute Gasteiger partial charge is 0.353 e. The fraction of sp³-hybridized carbons (Fsp3) is 0.300. The van der Waals surface area contributed by atoms with Gasteiger partial charge in [-0.25, -0.2) is 9.78 Å². The van der Waals surface area contributed by atoms with Crippen molar-refractivity contribution in [1.82, 2.24) is 4.98 Å². The number of aromatic nitrogens is 1. The van der Waals surface area contributed by atoms with Crippen molar-refractivity contribution < 1.29 is 19.4 Å². The maximum absolute atomic E-state index is 10.9. The molecule has 82 valence electrons. The molecule has 0 amide bonds. The van der Waals surface area contributed by atoms with Gasteiger partial charge in [-0.1, -0.05) is 0 Å². The molecule has 2 rings (SSSR count). The van der Waals surface area contributed by atoms with Crippen molar-refractivity contribution in [2.45, 2.75) is 5.60 Å². The molecule has 6 nitrogen and oxygen atoms in total. The molecule has 2 heterocycles. The van der Waals surface area contributed by atoms with Gasteiger partial charge in [0.2, 0.25) is 5.88 Å². The second-order valence-corrected chi connectivity index (χ2v) is 3.39. The van der Waals surface area contributed by atoms with Gasteiger partial charge >= 0.3 is 5.97 Å². The Morgan fingerprint density at radius 3 is 2.75 bits per heavy atom. The number of aliphatic carboxylic acids is 1. The molecule has 0 saturated carbocycles. The highest BCUT2D eigenvalue weighted by atomic mass is 16.6. The third kappa shape index (κ3) is 1.68. The van der Waals surface area contributed by atoms with Crippen LogP contribution in [0.5, 0.6) is 5.88 Å². The van der Waals surface area contributed by atoms with Crippen molar-refractivity contribution in [3.05, 3.63) is 23.9 Å². The molecule has 0 atom stereocenters. The Kier molecular flexibility index (Phi) is 2.46. The molecule has 6 heteroatoms. The highest BCUT2D eigenvalue weighted by molar-refractivity contribution is 5.79. The van der Waals surface area contributed by atoms with E-state index >= 15 is 0 Å². The van der Waals surface area contributed by atoms with Crippen LogP contribution in [0.15, 0.2) is 18.3 Å². The molecule has 1 fully saturated rings. The van der Waals surface area contributed by atoms with Crippen LogP contribution in [-0.4, -0.2) is 34.9 Å². The zero-order valence-corrected chi connectivity index (χ0v) is 8.21. The van der Waals surface area contributed by atoms with E-state index in [1.807, 2.05) is 6.07 Å². The Morgan fingerprint density at radius 2 is 2.38 bits per heavy atom. The van der Waals surface area contributed by atoms with Gasteiger partial charge in [-0.15, -0.1) is 0 Å². The van der Waals surface area contributed by atoms with Crippen LogP contribution < -0.4 is 4.74 Å². The van der Waals surface area contributed by atoms with E-state index in [1.165, 1.54) is 18.3 Å². The van der Waals surface area contributed by atoms with Crippen molar-refractivity contribution in [1.29, 1.82) is 5.26 Å². The minimum Gasteiger partial charge on any atom is -0.478 e. The van der Waals surface area contributed by atoms with Gasteiger partial charge in [0, 0.05) is 12.3 Å². The van der Waals surface area contributed by atoms with Crippen LogP contribution in [0.2, 0.25) is 0 Å². The molecule has 16 heavy (non-hydrogen) atoms. The van der Waals surface area contributed by atoms with Gasteiger partial charge in [0.05, 0.1) is 5.56 Å². The lowest BCUT2D eigenvalue weighted by Gasteiger charge is -2.36. The van der Waals surface area contributed by atoms with Gasteiger partial charge in [-0.3, -0.25) is 0 Å². The van der Waals surface area contributed by atoms with Crippen molar-refractivity contribution in [2.75, 3.05) is 13.2 Å². The molecule has 1 N–H and O–H groups in total. The largest absolute Gasteiger partial charge is 0.478 e. The van der Waals surface area contributed by atoms with E-state index in [0.717, 1.165) is 0 Å². The van der Waals surface area contributed by atoms with Crippen LogP contribution in [-0.2, 0) is 9.53 Å². The lowest BCUT2D eigenvalue weighted by molar-refractivity contribution is -0.198. The number of nitriles is 1. The summed E-state index contributed by atoms with van der Waals surface area (Å²) in [7, 11) is 0. The highest BCUT2D eigenvalue weighted by Crippen LogP contribution is 2.24. The van der Waals surface area contributed by atoms with Crippen LogP contribution in [0.25, 0.3) is 0 Å². The van der Waals surface area contributed by atoms with E-state index in [2.05, 4.69) is 4.98 Å². The zero-order chi connectivity index (χ0) is 11.6. The first-order valence-corrected chi connectivity index (χ1v) is 4.53. The summed E-state index contributed by atoms with van der Waals surface area (Å²) >= 11 is 0. The van der Waals surface area contributed by atoms with Crippen LogP contribution >= 0.6 is 0 Å². The Hall–Kier alpha value is -2.13. The zero-order valence-electron chi connectivity index (χ0n) is 8.21. The number of carboxylic acid groups (broad SMARTS) is 1. The van der Waals surface area contributed by atoms with Crippen molar-refractivity contribution in [2.24, 2.45) is 0 Å². The summed E-state index contributed by atoms with van der Waals surface area (Å²) in [6.07, 6.45) is 1.32. The molecular weight excluding hydrogens is 212 g/mol. The number of pyridine rings is 1. The van der Waals surface area contributed by atoms with Gasteiger partial charge in [-0.2, -0.15) is 5.26 Å². The maximum atomic E-state index is 10.9. The number of nitrogens with zero attached hydrogens (tertiary/aromatic N) is 2. The first kappa shape index (κ1) is 10.4. The van der Waals surface area contributed by atoms with Crippen LogP contribution in [0.3, 0.4) is 0 Å². The Balaban J connectivity index is 2.14. The van der Waals surface area contributed by atoms with E-state index in [9.17, 15) is 4.79 Å². The molecule has 0 spiro atoms. The third-order valence-electron chi connectivity index (χ3n) is 2.23. The van der Waals surface area contributed by atoms with Crippen molar-refractivity contribution in [3.8, 4) is 11.9 Å². The number of ether oxygens (including phenoxy) is 2. The van der Waals surface area contributed by atoms with Gasteiger partial charge in [0.1, 0.15) is 19.3 Å². The minimum atomic E-state index is -1.33. The maximum Gasteiger partial charge on any atom is 0.353 e. The Bertz CT molecular complexity index is 445. The number of carboxylic acids is 1. The highest BCUT2D eigenvalue weighted by Gasteiger charge is 2.49. The summed E-state index contributed by atoms with van der Waals surface area (Å²) in [5.41, 5.74) is -0.942. The summed E-state index contributed by atoms with van der Waals surface area (Å²) in [6.45, 7) is 0.00797. The Morgan fingerprint density at radius 1 is 1.62 bits per heavy atom. The quantitative estimate of drug-likeness (QED) is 0.781. The minimum absolute atomic E-state index is 0.00398. The van der Waals surface area contributed by atoms with E-state index in [1.54, 1.807) is 0 Å². The van der Waals surface area contributed by atoms with E-state index in [4.69, 9.17) is 19.8 Å². The van der Waals surface area contributed by atoms with E-state index in [-0.39, 0.29) is 19.1 Å². The lowest BCUT2D eigenvalue weighted by Crippen LogP contribution is -2.60. The molecule has 0 radical (unpaired) electrons. The van der Waals surface area contributed by atoms with Crippen LogP contribution in [0.4, 0.5) is 0 Å². The Labute approximate surface area is 91.0 Å². The van der Waals surface area contributed by atoms with Gasteiger partial charge in [0.25, 0.3) is 5.60 Å². The normalized spacial score (nSPS) is 16.9. The van der Waals surface area contributed by atoms with Crippen molar-refractivity contribution >= 4 is 5.97 Å². The molecule has 0 bridgehead atoms. The van der Waals surface area contributed by atoms with E-state index < -0.39 is 11.6 Å². The van der Waals surface area contributed by atoms with Crippen LogP contribution in [0, 0.1) is 11.3 Å². The second kappa shape index (κ2) is 3.79. The first-order valence-electron chi connectivity index (χ1n) is 4.53. The lowest BCUT2D eigenvalue weighted by atomic mass is 10.0. The van der Waals surface area contributed by atoms with Crippen LogP contribution in [0.1, 0.15) is 5.56 Å². The monoisotopic (exact) mass is 220 g/mol. The average Bonchev–Trinajstić information content (AvgIpc) is 2.24. The molecule has 1 aliphatic heterocycles. The number of rotatable bonds is 3. The molecule has 0 aliphatic carbocycles. The first-order chi connectivity index (χ1) is 7.66.